The molecular formula is C26H19BrN2. The van der Waals surface area contributed by atoms with E-state index in [1.807, 2.05) is 66.9 Å². The van der Waals surface area contributed by atoms with Crippen LogP contribution in [0.5, 0.6) is 0 Å². The molecule has 1 aromatic heterocycles. The fourth-order valence-corrected chi connectivity index (χ4v) is 3.40. The van der Waals surface area contributed by atoms with Gasteiger partial charge in [-0.15, -0.1) is 0 Å². The highest BCUT2D eigenvalue weighted by atomic mass is 79.9. The number of nitrogens with zero attached hydrogens (tertiary/aromatic N) is 2. The smallest absolute Gasteiger partial charge is 0.159 e. The molecule has 5 rings (SSSR count). The number of hydrogen-bond donors (Lipinski definition) is 0. The Morgan fingerprint density at radius 2 is 1.14 bits per heavy atom. The standard InChI is InChI=1S/C14H9BrN2.C12H10/c15-12-6-3-5-10(8-12)14-16-9-11-4-1-2-7-13(11)17-14;1-3-7-11(8-4-1)12-9-5-2-6-10-12/h1-9H;1-10H. The van der Waals surface area contributed by atoms with E-state index in [-0.39, 0.29) is 0 Å². The molecule has 0 amide bonds. The normalized spacial score (nSPS) is 10.2. The Labute approximate surface area is 179 Å². The maximum Gasteiger partial charge on any atom is 0.159 e. The van der Waals surface area contributed by atoms with Gasteiger partial charge in [0.1, 0.15) is 0 Å². The van der Waals surface area contributed by atoms with Crippen LogP contribution in [0.3, 0.4) is 0 Å². The van der Waals surface area contributed by atoms with Crippen LogP contribution >= 0.6 is 15.9 Å². The summed E-state index contributed by atoms with van der Waals surface area (Å²) in [6.45, 7) is 0. The van der Waals surface area contributed by atoms with Gasteiger partial charge in [0.2, 0.25) is 0 Å². The van der Waals surface area contributed by atoms with Crippen molar-refractivity contribution in [2.45, 2.75) is 0 Å². The Balaban J connectivity index is 0.000000150. The van der Waals surface area contributed by atoms with E-state index >= 15 is 0 Å². The van der Waals surface area contributed by atoms with Crippen LogP contribution in [0.4, 0.5) is 0 Å². The number of benzene rings is 4. The maximum atomic E-state index is 4.55. The number of rotatable bonds is 2. The van der Waals surface area contributed by atoms with Crippen LogP contribution in [0.25, 0.3) is 33.4 Å². The lowest BCUT2D eigenvalue weighted by Crippen LogP contribution is -1.89. The van der Waals surface area contributed by atoms with E-state index in [0.717, 1.165) is 26.8 Å². The van der Waals surface area contributed by atoms with Crippen molar-refractivity contribution >= 4 is 26.8 Å². The zero-order valence-electron chi connectivity index (χ0n) is 15.7. The average molecular weight is 439 g/mol. The lowest BCUT2D eigenvalue weighted by atomic mass is 10.1. The third-order valence-electron chi connectivity index (χ3n) is 4.45. The molecule has 0 N–H and O–H groups in total. The van der Waals surface area contributed by atoms with Crippen LogP contribution in [0.1, 0.15) is 0 Å². The molecule has 3 heteroatoms. The van der Waals surface area contributed by atoms with Crippen molar-refractivity contribution in [1.29, 1.82) is 0 Å². The van der Waals surface area contributed by atoms with Gasteiger partial charge in [0.25, 0.3) is 0 Å². The van der Waals surface area contributed by atoms with Gasteiger partial charge < -0.3 is 0 Å². The number of para-hydroxylation sites is 1. The van der Waals surface area contributed by atoms with Gasteiger partial charge in [-0.2, -0.15) is 0 Å². The van der Waals surface area contributed by atoms with Crippen molar-refractivity contribution in [3.8, 4) is 22.5 Å². The molecular weight excluding hydrogens is 420 g/mol. The quantitative estimate of drug-likeness (QED) is 0.286. The third-order valence-corrected chi connectivity index (χ3v) is 4.95. The zero-order valence-corrected chi connectivity index (χ0v) is 17.3. The van der Waals surface area contributed by atoms with Crippen molar-refractivity contribution in [2.24, 2.45) is 0 Å². The lowest BCUT2D eigenvalue weighted by Gasteiger charge is -2.02. The SMILES string of the molecule is Brc1cccc(-c2ncc3ccccc3n2)c1.c1ccc(-c2ccccc2)cc1. The Bertz CT molecular complexity index is 1170. The molecule has 0 fully saturated rings. The second-order valence-corrected chi connectivity index (χ2v) is 7.41. The molecule has 0 radical (unpaired) electrons. The summed E-state index contributed by atoms with van der Waals surface area (Å²) in [4.78, 5) is 8.94. The average Bonchev–Trinajstić information content (AvgIpc) is 2.80. The van der Waals surface area contributed by atoms with Crippen molar-refractivity contribution in [2.75, 3.05) is 0 Å². The van der Waals surface area contributed by atoms with Gasteiger partial charge in [-0.25, -0.2) is 9.97 Å². The molecule has 1 heterocycles. The van der Waals surface area contributed by atoms with E-state index in [4.69, 9.17) is 0 Å². The molecule has 0 atom stereocenters. The van der Waals surface area contributed by atoms with Gasteiger partial charge in [0, 0.05) is 21.6 Å². The molecule has 29 heavy (non-hydrogen) atoms. The molecule has 5 aromatic rings. The Kier molecular flexibility index (Phi) is 6.08. The van der Waals surface area contributed by atoms with Gasteiger partial charge in [0.15, 0.2) is 5.82 Å². The summed E-state index contributed by atoms with van der Waals surface area (Å²) in [7, 11) is 0. The first kappa shape index (κ1) is 19.0. The molecule has 4 aromatic carbocycles. The molecule has 0 aliphatic carbocycles. The molecule has 0 aliphatic heterocycles. The van der Waals surface area contributed by atoms with Crippen LogP contribution < -0.4 is 0 Å². The molecule has 2 nitrogen and oxygen atoms in total. The van der Waals surface area contributed by atoms with E-state index < -0.39 is 0 Å². The minimum absolute atomic E-state index is 0.755. The summed E-state index contributed by atoms with van der Waals surface area (Å²) >= 11 is 3.45. The zero-order chi connectivity index (χ0) is 19.9. The third kappa shape index (κ3) is 4.95. The largest absolute Gasteiger partial charge is 0.236 e. The molecule has 0 aliphatic rings. The number of hydrogen-bond acceptors (Lipinski definition) is 2. The first-order valence-electron chi connectivity index (χ1n) is 9.38. The van der Waals surface area contributed by atoms with Gasteiger partial charge in [-0.1, -0.05) is 107 Å². The molecule has 0 saturated heterocycles. The molecule has 0 bridgehead atoms. The highest BCUT2D eigenvalue weighted by Crippen LogP contribution is 2.21. The van der Waals surface area contributed by atoms with Crippen molar-refractivity contribution in [3.63, 3.8) is 0 Å². The lowest BCUT2D eigenvalue weighted by molar-refractivity contribution is 1.23. The molecule has 140 valence electrons. The molecule has 0 spiro atoms. The van der Waals surface area contributed by atoms with Gasteiger partial charge in [-0.3, -0.25) is 0 Å². The fourth-order valence-electron chi connectivity index (χ4n) is 3.00. The Hall–Kier alpha value is -3.30. The number of fused-ring (bicyclic) bond motifs is 1. The van der Waals surface area contributed by atoms with E-state index in [0.29, 0.717) is 0 Å². The summed E-state index contributed by atoms with van der Waals surface area (Å²) in [6, 6.07) is 36.8. The van der Waals surface area contributed by atoms with E-state index in [1.165, 1.54) is 11.1 Å². The van der Waals surface area contributed by atoms with Crippen molar-refractivity contribution < 1.29 is 0 Å². The maximum absolute atomic E-state index is 4.55. The van der Waals surface area contributed by atoms with Crippen molar-refractivity contribution in [1.82, 2.24) is 9.97 Å². The van der Waals surface area contributed by atoms with Crippen LogP contribution in [-0.2, 0) is 0 Å². The minimum Gasteiger partial charge on any atom is -0.236 e. The Morgan fingerprint density at radius 1 is 0.552 bits per heavy atom. The summed E-state index contributed by atoms with van der Waals surface area (Å²) in [5, 5.41) is 1.06. The highest BCUT2D eigenvalue weighted by molar-refractivity contribution is 9.10. The first-order valence-corrected chi connectivity index (χ1v) is 10.2. The van der Waals surface area contributed by atoms with Crippen LogP contribution in [0.2, 0.25) is 0 Å². The topological polar surface area (TPSA) is 25.8 Å². The predicted octanol–water partition coefficient (Wildman–Crippen LogP) is 7.41. The van der Waals surface area contributed by atoms with Gasteiger partial charge in [-0.05, 0) is 29.3 Å². The van der Waals surface area contributed by atoms with Gasteiger partial charge >= 0.3 is 0 Å². The second kappa shape index (κ2) is 9.26. The highest BCUT2D eigenvalue weighted by Gasteiger charge is 2.02. The first-order chi connectivity index (χ1) is 14.3. The summed E-state index contributed by atoms with van der Waals surface area (Å²) in [5.41, 5.74) is 4.54. The van der Waals surface area contributed by atoms with E-state index in [9.17, 15) is 0 Å². The molecule has 0 unspecified atom stereocenters. The van der Waals surface area contributed by atoms with Crippen molar-refractivity contribution in [3.05, 3.63) is 120 Å². The summed E-state index contributed by atoms with van der Waals surface area (Å²) < 4.78 is 1.03. The van der Waals surface area contributed by atoms with E-state index in [1.54, 1.807) is 0 Å². The predicted molar refractivity (Wildman–Crippen MR) is 125 cm³/mol. The number of aromatic nitrogens is 2. The second-order valence-electron chi connectivity index (χ2n) is 6.49. The minimum atomic E-state index is 0.755. The van der Waals surface area contributed by atoms with Gasteiger partial charge in [0.05, 0.1) is 5.52 Å². The van der Waals surface area contributed by atoms with Crippen LogP contribution in [0.15, 0.2) is 120 Å². The monoisotopic (exact) mass is 438 g/mol. The molecule has 0 saturated carbocycles. The summed E-state index contributed by atoms with van der Waals surface area (Å²) in [6.07, 6.45) is 1.86. The number of halogens is 1. The van der Waals surface area contributed by atoms with Crippen LogP contribution in [-0.4, -0.2) is 9.97 Å². The summed E-state index contributed by atoms with van der Waals surface area (Å²) in [5.74, 6) is 0.755. The van der Waals surface area contributed by atoms with Crippen LogP contribution in [0, 0.1) is 0 Å². The van der Waals surface area contributed by atoms with E-state index in [2.05, 4.69) is 74.4 Å². The fraction of sp³-hybridized carbons (Fsp3) is 0. The Morgan fingerprint density at radius 3 is 1.79 bits per heavy atom.